The summed E-state index contributed by atoms with van der Waals surface area (Å²) in [6.07, 6.45) is 2.05. The van der Waals surface area contributed by atoms with Crippen LogP contribution in [0.3, 0.4) is 0 Å². The maximum atomic E-state index is 4.69. The summed E-state index contributed by atoms with van der Waals surface area (Å²) in [6.45, 7) is 2.04. The lowest BCUT2D eigenvalue weighted by Gasteiger charge is -2.05. The number of imidazole rings is 1. The Kier molecular flexibility index (Phi) is 2.52. The van der Waals surface area contributed by atoms with Crippen LogP contribution in [0.5, 0.6) is 0 Å². The minimum atomic E-state index is 0.986. The van der Waals surface area contributed by atoms with Crippen LogP contribution in [0.15, 0.2) is 48.7 Å². The standard InChI is InChI=1S/C15H15N3/c1-11-14-13(16-2)9-6-10-18(14)15(17-11)12-7-4-3-5-8-12/h3-10,16H,1-2H3. The maximum Gasteiger partial charge on any atom is 0.144 e. The van der Waals surface area contributed by atoms with Gasteiger partial charge in [0.1, 0.15) is 5.82 Å². The third-order valence-electron chi connectivity index (χ3n) is 3.14. The van der Waals surface area contributed by atoms with Crippen LogP contribution in [-0.2, 0) is 0 Å². The van der Waals surface area contributed by atoms with Crippen molar-refractivity contribution < 1.29 is 0 Å². The maximum absolute atomic E-state index is 4.69. The average molecular weight is 237 g/mol. The number of hydrogen-bond acceptors (Lipinski definition) is 2. The lowest BCUT2D eigenvalue weighted by molar-refractivity contribution is 1.16. The number of anilines is 1. The smallest absolute Gasteiger partial charge is 0.144 e. The number of nitrogens with one attached hydrogen (secondary N) is 1. The molecule has 1 aromatic carbocycles. The Morgan fingerprint density at radius 3 is 2.56 bits per heavy atom. The van der Waals surface area contributed by atoms with E-state index >= 15 is 0 Å². The van der Waals surface area contributed by atoms with Gasteiger partial charge in [-0.2, -0.15) is 0 Å². The fourth-order valence-electron chi connectivity index (χ4n) is 2.31. The zero-order valence-corrected chi connectivity index (χ0v) is 10.5. The Hall–Kier alpha value is -2.29. The molecule has 0 radical (unpaired) electrons. The molecule has 90 valence electrons. The van der Waals surface area contributed by atoms with E-state index in [1.165, 1.54) is 0 Å². The van der Waals surface area contributed by atoms with Gasteiger partial charge in [-0.25, -0.2) is 4.98 Å². The molecule has 0 saturated carbocycles. The molecule has 0 aliphatic heterocycles. The van der Waals surface area contributed by atoms with Crippen molar-refractivity contribution in [2.45, 2.75) is 6.92 Å². The normalized spacial score (nSPS) is 10.8. The Morgan fingerprint density at radius 2 is 1.83 bits per heavy atom. The molecule has 2 heterocycles. The van der Waals surface area contributed by atoms with Crippen LogP contribution in [0.1, 0.15) is 5.69 Å². The molecule has 3 aromatic rings. The SMILES string of the molecule is CNc1cccn2c(-c3ccccc3)nc(C)c12. The highest BCUT2D eigenvalue weighted by Gasteiger charge is 2.11. The first-order chi connectivity index (χ1) is 8.81. The molecule has 2 aromatic heterocycles. The molecule has 18 heavy (non-hydrogen) atoms. The molecule has 3 heteroatoms. The molecule has 0 aliphatic rings. The Balaban J connectivity index is 2.33. The predicted molar refractivity (Wildman–Crippen MR) is 74.9 cm³/mol. The third kappa shape index (κ3) is 1.56. The van der Waals surface area contributed by atoms with Crippen LogP contribution in [0, 0.1) is 6.92 Å². The molecule has 1 N–H and O–H groups in total. The van der Waals surface area contributed by atoms with E-state index in [9.17, 15) is 0 Å². The lowest BCUT2D eigenvalue weighted by Crippen LogP contribution is -1.94. The number of benzene rings is 1. The summed E-state index contributed by atoms with van der Waals surface area (Å²) < 4.78 is 2.14. The summed E-state index contributed by atoms with van der Waals surface area (Å²) in [7, 11) is 1.93. The number of fused-ring (bicyclic) bond motifs is 1. The topological polar surface area (TPSA) is 29.3 Å². The first kappa shape index (κ1) is 10.8. The molecule has 0 saturated heterocycles. The van der Waals surface area contributed by atoms with Crippen LogP contribution < -0.4 is 5.32 Å². The molecule has 0 amide bonds. The fraction of sp³-hybridized carbons (Fsp3) is 0.133. The van der Waals surface area contributed by atoms with E-state index in [-0.39, 0.29) is 0 Å². The number of hydrogen-bond donors (Lipinski definition) is 1. The van der Waals surface area contributed by atoms with Crippen molar-refractivity contribution in [3.05, 3.63) is 54.4 Å². The average Bonchev–Trinajstić information content (AvgIpc) is 2.77. The Labute approximate surface area is 106 Å². The van der Waals surface area contributed by atoms with Crippen LogP contribution in [0.2, 0.25) is 0 Å². The first-order valence-corrected chi connectivity index (χ1v) is 6.02. The predicted octanol–water partition coefficient (Wildman–Crippen LogP) is 3.35. The quantitative estimate of drug-likeness (QED) is 0.740. The summed E-state index contributed by atoms with van der Waals surface area (Å²) in [5, 5.41) is 3.21. The third-order valence-corrected chi connectivity index (χ3v) is 3.14. The van der Waals surface area contributed by atoms with Crippen molar-refractivity contribution in [3.8, 4) is 11.4 Å². The number of aryl methyl sites for hydroxylation is 1. The second-order valence-corrected chi connectivity index (χ2v) is 4.28. The van der Waals surface area contributed by atoms with Crippen LogP contribution in [0.25, 0.3) is 16.9 Å². The monoisotopic (exact) mass is 237 g/mol. The Morgan fingerprint density at radius 1 is 1.06 bits per heavy atom. The summed E-state index contributed by atoms with van der Waals surface area (Å²) in [5.41, 5.74) is 4.41. The van der Waals surface area contributed by atoms with Crippen molar-refractivity contribution >= 4 is 11.2 Å². The van der Waals surface area contributed by atoms with Crippen LogP contribution in [0.4, 0.5) is 5.69 Å². The largest absolute Gasteiger partial charge is 0.386 e. The number of nitrogens with zero attached hydrogens (tertiary/aromatic N) is 2. The van der Waals surface area contributed by atoms with Crippen molar-refractivity contribution in [3.63, 3.8) is 0 Å². The van der Waals surface area contributed by atoms with Gasteiger partial charge in [-0.3, -0.25) is 4.40 Å². The van der Waals surface area contributed by atoms with E-state index < -0.39 is 0 Å². The highest BCUT2D eigenvalue weighted by molar-refractivity contribution is 5.78. The molecule has 3 nitrogen and oxygen atoms in total. The molecule has 3 rings (SSSR count). The minimum Gasteiger partial charge on any atom is -0.386 e. The Bertz CT molecular complexity index is 684. The number of pyridine rings is 1. The lowest BCUT2D eigenvalue weighted by atomic mass is 10.2. The van der Waals surface area contributed by atoms with Crippen molar-refractivity contribution in [1.82, 2.24) is 9.38 Å². The molecule has 0 spiro atoms. The molecule has 0 aliphatic carbocycles. The van der Waals surface area contributed by atoms with E-state index in [0.29, 0.717) is 0 Å². The molecule has 0 bridgehead atoms. The van der Waals surface area contributed by atoms with Crippen molar-refractivity contribution in [2.24, 2.45) is 0 Å². The molecular weight excluding hydrogens is 222 g/mol. The van der Waals surface area contributed by atoms with Gasteiger partial charge in [0.05, 0.1) is 16.9 Å². The molecular formula is C15H15N3. The van der Waals surface area contributed by atoms with Crippen LogP contribution in [-0.4, -0.2) is 16.4 Å². The number of rotatable bonds is 2. The highest BCUT2D eigenvalue weighted by Crippen LogP contribution is 2.26. The van der Waals surface area contributed by atoms with E-state index in [1.807, 2.05) is 38.2 Å². The van der Waals surface area contributed by atoms with Gasteiger partial charge < -0.3 is 5.32 Å². The van der Waals surface area contributed by atoms with Gasteiger partial charge in [0, 0.05) is 18.8 Å². The second-order valence-electron chi connectivity index (χ2n) is 4.28. The zero-order valence-electron chi connectivity index (χ0n) is 10.5. The first-order valence-electron chi connectivity index (χ1n) is 6.02. The zero-order chi connectivity index (χ0) is 12.5. The van der Waals surface area contributed by atoms with E-state index in [4.69, 9.17) is 4.98 Å². The van der Waals surface area contributed by atoms with Gasteiger partial charge in [0.15, 0.2) is 0 Å². The van der Waals surface area contributed by atoms with Gasteiger partial charge in [0.2, 0.25) is 0 Å². The van der Waals surface area contributed by atoms with Crippen LogP contribution >= 0.6 is 0 Å². The second kappa shape index (κ2) is 4.18. The van der Waals surface area contributed by atoms with Gasteiger partial charge in [-0.05, 0) is 19.1 Å². The number of aromatic nitrogens is 2. The summed E-state index contributed by atoms with van der Waals surface area (Å²) in [4.78, 5) is 4.69. The van der Waals surface area contributed by atoms with Gasteiger partial charge in [-0.15, -0.1) is 0 Å². The molecule has 0 fully saturated rings. The van der Waals surface area contributed by atoms with Gasteiger partial charge in [0.25, 0.3) is 0 Å². The van der Waals surface area contributed by atoms with Crippen molar-refractivity contribution in [1.29, 1.82) is 0 Å². The summed E-state index contributed by atoms with van der Waals surface area (Å²) in [5.74, 6) is 0.986. The fourth-order valence-corrected chi connectivity index (χ4v) is 2.31. The van der Waals surface area contributed by atoms with E-state index in [1.54, 1.807) is 0 Å². The van der Waals surface area contributed by atoms with E-state index in [2.05, 4.69) is 34.1 Å². The summed E-state index contributed by atoms with van der Waals surface area (Å²) >= 11 is 0. The molecule has 0 atom stereocenters. The van der Waals surface area contributed by atoms with Gasteiger partial charge >= 0.3 is 0 Å². The summed E-state index contributed by atoms with van der Waals surface area (Å²) in [6, 6.07) is 14.4. The highest BCUT2D eigenvalue weighted by atomic mass is 15.0. The van der Waals surface area contributed by atoms with Crippen molar-refractivity contribution in [2.75, 3.05) is 12.4 Å². The minimum absolute atomic E-state index is 0.986. The molecule has 0 unspecified atom stereocenters. The van der Waals surface area contributed by atoms with E-state index in [0.717, 1.165) is 28.3 Å². The van der Waals surface area contributed by atoms with Gasteiger partial charge in [-0.1, -0.05) is 30.3 Å².